The molecule has 0 saturated carbocycles. The molecule has 1 amide bonds. The molecule has 0 radical (unpaired) electrons. The van der Waals surface area contributed by atoms with Crippen LogP contribution in [0.15, 0.2) is 90.5 Å². The van der Waals surface area contributed by atoms with Crippen molar-refractivity contribution in [3.05, 3.63) is 119 Å². The molecule has 178 valence electrons. The highest BCUT2D eigenvalue weighted by Gasteiger charge is 2.14. The Bertz CT molecular complexity index is 1500. The standard InChI is InChI=1S/C30H23FN2O3/c1-2-36-30(35)22-12-14-26(15-13-22)33-29(34)24(19-32)18-28-23(16-20-6-5-8-25(31)17-20)11-10-21-7-3-4-9-27(21)28/h3-15,17-18H,2,16H2,1H3,(H,33,34)/b24-18+. The fourth-order valence-electron chi connectivity index (χ4n) is 3.93. The van der Waals surface area contributed by atoms with Crippen molar-refractivity contribution in [3.63, 3.8) is 0 Å². The van der Waals surface area contributed by atoms with Crippen molar-refractivity contribution >= 4 is 34.4 Å². The van der Waals surface area contributed by atoms with Gasteiger partial charge >= 0.3 is 5.97 Å². The maximum absolute atomic E-state index is 13.8. The summed E-state index contributed by atoms with van der Waals surface area (Å²) in [5.74, 6) is -1.35. The lowest BCUT2D eigenvalue weighted by Gasteiger charge is -2.12. The molecule has 6 heteroatoms. The van der Waals surface area contributed by atoms with Crippen molar-refractivity contribution in [2.24, 2.45) is 0 Å². The normalized spacial score (nSPS) is 11.1. The molecule has 0 aromatic heterocycles. The first-order valence-corrected chi connectivity index (χ1v) is 11.4. The lowest BCUT2D eigenvalue weighted by atomic mass is 9.93. The van der Waals surface area contributed by atoms with Gasteiger partial charge in [0.2, 0.25) is 0 Å². The molecular formula is C30H23FN2O3. The molecule has 4 aromatic rings. The van der Waals surface area contributed by atoms with Gasteiger partial charge in [0.15, 0.2) is 0 Å². The van der Waals surface area contributed by atoms with Gasteiger partial charge in [-0.05, 0) is 83.3 Å². The van der Waals surface area contributed by atoms with Gasteiger partial charge in [-0.2, -0.15) is 5.26 Å². The highest BCUT2D eigenvalue weighted by molar-refractivity contribution is 6.11. The first-order valence-electron chi connectivity index (χ1n) is 11.4. The largest absolute Gasteiger partial charge is 0.462 e. The number of rotatable bonds is 7. The van der Waals surface area contributed by atoms with Gasteiger partial charge in [-0.1, -0.05) is 48.5 Å². The summed E-state index contributed by atoms with van der Waals surface area (Å²) in [6, 6.07) is 26.2. The molecule has 36 heavy (non-hydrogen) atoms. The van der Waals surface area contributed by atoms with E-state index in [2.05, 4.69) is 5.32 Å². The van der Waals surface area contributed by atoms with Crippen LogP contribution in [-0.4, -0.2) is 18.5 Å². The van der Waals surface area contributed by atoms with E-state index in [0.717, 1.165) is 27.5 Å². The Morgan fingerprint density at radius 3 is 2.50 bits per heavy atom. The van der Waals surface area contributed by atoms with Crippen molar-refractivity contribution in [1.29, 1.82) is 5.26 Å². The Labute approximate surface area is 208 Å². The van der Waals surface area contributed by atoms with Gasteiger partial charge in [0.1, 0.15) is 17.5 Å². The number of esters is 1. The molecule has 4 aromatic carbocycles. The van der Waals surface area contributed by atoms with Crippen LogP contribution in [0.1, 0.15) is 34.0 Å². The van der Waals surface area contributed by atoms with Gasteiger partial charge in [0.25, 0.3) is 5.91 Å². The average Bonchev–Trinajstić information content (AvgIpc) is 2.88. The number of anilines is 1. The predicted molar refractivity (Wildman–Crippen MR) is 138 cm³/mol. The van der Waals surface area contributed by atoms with Crippen LogP contribution >= 0.6 is 0 Å². The molecule has 0 heterocycles. The van der Waals surface area contributed by atoms with E-state index in [9.17, 15) is 19.2 Å². The van der Waals surface area contributed by atoms with Crippen LogP contribution in [0.5, 0.6) is 0 Å². The minimum atomic E-state index is -0.578. The van der Waals surface area contributed by atoms with Gasteiger partial charge in [-0.25, -0.2) is 9.18 Å². The number of carbonyl (C=O) groups excluding carboxylic acids is 2. The summed E-state index contributed by atoms with van der Waals surface area (Å²) in [6.45, 7) is 1.99. The summed E-state index contributed by atoms with van der Waals surface area (Å²) in [6.07, 6.45) is 2.00. The number of fused-ring (bicyclic) bond motifs is 1. The minimum Gasteiger partial charge on any atom is -0.462 e. The third-order valence-corrected chi connectivity index (χ3v) is 5.65. The van der Waals surface area contributed by atoms with Crippen molar-refractivity contribution in [2.75, 3.05) is 11.9 Å². The van der Waals surface area contributed by atoms with Gasteiger partial charge in [0, 0.05) is 5.69 Å². The van der Waals surface area contributed by atoms with Gasteiger partial charge in [-0.3, -0.25) is 4.79 Å². The van der Waals surface area contributed by atoms with Gasteiger partial charge in [-0.15, -0.1) is 0 Å². The zero-order valence-corrected chi connectivity index (χ0v) is 19.6. The molecule has 0 saturated heterocycles. The van der Waals surface area contributed by atoms with Crippen LogP contribution in [0, 0.1) is 17.1 Å². The smallest absolute Gasteiger partial charge is 0.338 e. The molecule has 0 aliphatic rings. The second kappa shape index (κ2) is 11.1. The SMILES string of the molecule is CCOC(=O)c1ccc(NC(=O)/C(C#N)=C/c2c(Cc3cccc(F)c3)ccc3ccccc23)cc1. The van der Waals surface area contributed by atoms with Crippen LogP contribution < -0.4 is 5.32 Å². The molecule has 1 N–H and O–H groups in total. The first-order chi connectivity index (χ1) is 17.5. The van der Waals surface area contributed by atoms with E-state index < -0.39 is 11.9 Å². The Hall–Kier alpha value is -4.76. The van der Waals surface area contributed by atoms with Crippen LogP contribution in [0.4, 0.5) is 10.1 Å². The zero-order valence-electron chi connectivity index (χ0n) is 19.6. The number of ether oxygens (including phenoxy) is 1. The molecule has 0 fully saturated rings. The topological polar surface area (TPSA) is 79.2 Å². The average molecular weight is 479 g/mol. The first kappa shape index (κ1) is 24.4. The van der Waals surface area contributed by atoms with Gasteiger partial charge < -0.3 is 10.1 Å². The maximum atomic E-state index is 13.8. The Morgan fingerprint density at radius 2 is 1.78 bits per heavy atom. The molecule has 4 rings (SSSR count). The van der Waals surface area contributed by atoms with Crippen molar-refractivity contribution in [2.45, 2.75) is 13.3 Å². The maximum Gasteiger partial charge on any atom is 0.338 e. The number of nitrogens with one attached hydrogen (secondary N) is 1. The molecule has 0 aliphatic carbocycles. The lowest BCUT2D eigenvalue weighted by Crippen LogP contribution is -2.14. The van der Waals surface area contributed by atoms with E-state index in [0.29, 0.717) is 17.7 Å². The summed E-state index contributed by atoms with van der Waals surface area (Å²) in [5, 5.41) is 14.4. The quantitative estimate of drug-likeness (QED) is 0.192. The summed E-state index contributed by atoms with van der Waals surface area (Å²) < 4.78 is 18.7. The van der Waals surface area contributed by atoms with Gasteiger partial charge in [0.05, 0.1) is 12.2 Å². The number of nitrogens with zero attached hydrogens (tertiary/aromatic N) is 1. The second-order valence-electron chi connectivity index (χ2n) is 8.09. The monoisotopic (exact) mass is 478 g/mol. The lowest BCUT2D eigenvalue weighted by molar-refractivity contribution is -0.112. The third kappa shape index (κ3) is 5.65. The fourth-order valence-corrected chi connectivity index (χ4v) is 3.93. The summed E-state index contributed by atoms with van der Waals surface area (Å²) >= 11 is 0. The van der Waals surface area contributed by atoms with E-state index >= 15 is 0 Å². The van der Waals surface area contributed by atoms with E-state index in [1.165, 1.54) is 12.1 Å². The van der Waals surface area contributed by atoms with Crippen molar-refractivity contribution < 1.29 is 18.7 Å². The number of halogens is 1. The minimum absolute atomic E-state index is 0.0821. The number of benzene rings is 4. The van der Waals surface area contributed by atoms with Crippen LogP contribution in [0.3, 0.4) is 0 Å². The molecule has 0 unspecified atom stereocenters. The zero-order chi connectivity index (χ0) is 25.5. The highest BCUT2D eigenvalue weighted by atomic mass is 19.1. The number of hydrogen-bond donors (Lipinski definition) is 1. The molecular weight excluding hydrogens is 455 g/mol. The van der Waals surface area contributed by atoms with E-state index in [1.807, 2.05) is 48.5 Å². The predicted octanol–water partition coefficient (Wildman–Crippen LogP) is 6.29. The van der Waals surface area contributed by atoms with E-state index in [4.69, 9.17) is 4.74 Å². The highest BCUT2D eigenvalue weighted by Crippen LogP contribution is 2.27. The third-order valence-electron chi connectivity index (χ3n) is 5.65. The summed E-state index contributed by atoms with van der Waals surface area (Å²) in [7, 11) is 0. The number of amides is 1. The van der Waals surface area contributed by atoms with Crippen molar-refractivity contribution in [1.82, 2.24) is 0 Å². The number of nitriles is 1. The second-order valence-corrected chi connectivity index (χ2v) is 8.09. The fraction of sp³-hybridized carbons (Fsp3) is 0.100. The van der Waals surface area contributed by atoms with Crippen LogP contribution in [-0.2, 0) is 16.0 Å². The Kier molecular flexibility index (Phi) is 7.52. The number of hydrogen-bond acceptors (Lipinski definition) is 4. The van der Waals surface area contributed by atoms with E-state index in [1.54, 1.807) is 43.3 Å². The molecule has 0 spiro atoms. The summed E-state index contributed by atoms with van der Waals surface area (Å²) in [4.78, 5) is 24.8. The van der Waals surface area contributed by atoms with E-state index in [-0.39, 0.29) is 18.0 Å². The molecule has 0 aliphatic heterocycles. The molecule has 0 atom stereocenters. The molecule has 0 bridgehead atoms. The van der Waals surface area contributed by atoms with Crippen molar-refractivity contribution in [3.8, 4) is 6.07 Å². The number of carbonyl (C=O) groups is 2. The summed E-state index contributed by atoms with van der Waals surface area (Å²) in [5.41, 5.74) is 3.09. The molecule has 5 nitrogen and oxygen atoms in total. The van der Waals surface area contributed by atoms with Crippen LogP contribution in [0.2, 0.25) is 0 Å². The Morgan fingerprint density at radius 1 is 1.00 bits per heavy atom. The van der Waals surface area contributed by atoms with Crippen LogP contribution in [0.25, 0.3) is 16.8 Å². The Balaban J connectivity index is 1.67.